The van der Waals surface area contributed by atoms with Crippen molar-refractivity contribution in [3.05, 3.63) is 28.8 Å². The summed E-state index contributed by atoms with van der Waals surface area (Å²) in [5.41, 5.74) is 7.19. The quantitative estimate of drug-likeness (QED) is 0.828. The van der Waals surface area contributed by atoms with Gasteiger partial charge in [-0.1, -0.05) is 38.3 Å². The molecule has 1 rings (SSSR count). The third kappa shape index (κ3) is 4.57. The molecule has 0 saturated heterocycles. The van der Waals surface area contributed by atoms with E-state index in [1.807, 2.05) is 18.2 Å². The molecule has 1 atom stereocenters. The molecule has 96 valence electrons. The van der Waals surface area contributed by atoms with Gasteiger partial charge in [0, 0.05) is 16.6 Å². The van der Waals surface area contributed by atoms with Gasteiger partial charge in [0.05, 0.1) is 7.11 Å². The first-order chi connectivity index (χ1) is 8.04. The zero-order chi connectivity index (χ0) is 12.8. The van der Waals surface area contributed by atoms with Crippen LogP contribution in [0.25, 0.3) is 0 Å². The van der Waals surface area contributed by atoms with Crippen molar-refractivity contribution in [3.8, 4) is 5.75 Å². The van der Waals surface area contributed by atoms with Gasteiger partial charge < -0.3 is 10.5 Å². The van der Waals surface area contributed by atoms with Crippen molar-refractivity contribution in [3.63, 3.8) is 0 Å². The van der Waals surface area contributed by atoms with Crippen LogP contribution in [0, 0.1) is 5.92 Å². The number of ether oxygens (including phenoxy) is 1. The van der Waals surface area contributed by atoms with Gasteiger partial charge in [0.1, 0.15) is 5.75 Å². The molecule has 0 radical (unpaired) electrons. The van der Waals surface area contributed by atoms with Crippen LogP contribution in [-0.4, -0.2) is 7.11 Å². The molecule has 2 nitrogen and oxygen atoms in total. The van der Waals surface area contributed by atoms with E-state index in [0.29, 0.717) is 5.02 Å². The molecule has 2 N–H and O–H groups in total. The highest BCUT2D eigenvalue weighted by molar-refractivity contribution is 6.30. The summed E-state index contributed by atoms with van der Waals surface area (Å²) < 4.78 is 5.31. The summed E-state index contributed by atoms with van der Waals surface area (Å²) in [6, 6.07) is 5.60. The molecule has 0 aliphatic carbocycles. The van der Waals surface area contributed by atoms with Crippen molar-refractivity contribution >= 4 is 11.6 Å². The van der Waals surface area contributed by atoms with Crippen molar-refractivity contribution in [2.45, 2.75) is 39.2 Å². The molecule has 17 heavy (non-hydrogen) atoms. The van der Waals surface area contributed by atoms with Crippen molar-refractivity contribution in [2.24, 2.45) is 11.7 Å². The maximum absolute atomic E-state index is 6.19. The second-order valence-corrected chi connectivity index (χ2v) is 5.25. The number of rotatable bonds is 6. The van der Waals surface area contributed by atoms with E-state index >= 15 is 0 Å². The van der Waals surface area contributed by atoms with E-state index in [1.54, 1.807) is 7.11 Å². The standard InChI is InChI=1S/C14H22ClNO/c1-10(2)5-4-6-13(16)12-9-11(15)7-8-14(12)17-3/h7-10,13H,4-6,16H2,1-3H3. The molecule has 1 aromatic rings. The maximum atomic E-state index is 6.19. The van der Waals surface area contributed by atoms with Gasteiger partial charge in [0.15, 0.2) is 0 Å². The second-order valence-electron chi connectivity index (χ2n) is 4.82. The first-order valence-electron chi connectivity index (χ1n) is 6.13. The van der Waals surface area contributed by atoms with E-state index in [0.717, 1.165) is 30.1 Å². The Balaban J connectivity index is 2.66. The SMILES string of the molecule is COc1ccc(Cl)cc1C(N)CCCC(C)C. The minimum absolute atomic E-state index is 0.00222. The molecule has 0 bridgehead atoms. The Morgan fingerprint density at radius 2 is 2.00 bits per heavy atom. The molecule has 0 aromatic heterocycles. The predicted octanol–water partition coefficient (Wildman–Crippen LogP) is 4.17. The van der Waals surface area contributed by atoms with Gasteiger partial charge >= 0.3 is 0 Å². The highest BCUT2D eigenvalue weighted by atomic mass is 35.5. The minimum Gasteiger partial charge on any atom is -0.496 e. The number of nitrogens with two attached hydrogens (primary N) is 1. The third-order valence-corrected chi connectivity index (χ3v) is 3.12. The van der Waals surface area contributed by atoms with Crippen LogP contribution in [0.2, 0.25) is 5.02 Å². The third-order valence-electron chi connectivity index (χ3n) is 2.89. The van der Waals surface area contributed by atoms with E-state index in [-0.39, 0.29) is 6.04 Å². The van der Waals surface area contributed by atoms with Crippen LogP contribution in [0.3, 0.4) is 0 Å². The summed E-state index contributed by atoms with van der Waals surface area (Å²) >= 11 is 5.99. The monoisotopic (exact) mass is 255 g/mol. The maximum Gasteiger partial charge on any atom is 0.123 e. The second kappa shape index (κ2) is 6.87. The molecule has 3 heteroatoms. The van der Waals surface area contributed by atoms with E-state index in [2.05, 4.69) is 13.8 Å². The minimum atomic E-state index is 0.00222. The molecular weight excluding hydrogens is 234 g/mol. The lowest BCUT2D eigenvalue weighted by atomic mass is 9.98. The van der Waals surface area contributed by atoms with Crippen LogP contribution in [0.15, 0.2) is 18.2 Å². The van der Waals surface area contributed by atoms with Gasteiger partial charge in [-0.25, -0.2) is 0 Å². The summed E-state index contributed by atoms with van der Waals surface area (Å²) in [6.45, 7) is 4.46. The van der Waals surface area contributed by atoms with Gasteiger partial charge in [-0.3, -0.25) is 0 Å². The fourth-order valence-corrected chi connectivity index (χ4v) is 2.08. The van der Waals surface area contributed by atoms with E-state index in [9.17, 15) is 0 Å². The van der Waals surface area contributed by atoms with E-state index < -0.39 is 0 Å². The topological polar surface area (TPSA) is 35.2 Å². The van der Waals surface area contributed by atoms with Gasteiger partial charge in [-0.05, 0) is 30.5 Å². The largest absolute Gasteiger partial charge is 0.496 e. The number of hydrogen-bond donors (Lipinski definition) is 1. The van der Waals surface area contributed by atoms with Crippen LogP contribution in [-0.2, 0) is 0 Å². The Kier molecular flexibility index (Phi) is 5.79. The summed E-state index contributed by atoms with van der Waals surface area (Å²) in [4.78, 5) is 0. The lowest BCUT2D eigenvalue weighted by molar-refractivity contribution is 0.402. The molecule has 0 aliphatic rings. The Labute approximate surface area is 109 Å². The van der Waals surface area contributed by atoms with Crippen LogP contribution in [0.5, 0.6) is 5.75 Å². The van der Waals surface area contributed by atoms with Crippen LogP contribution in [0.1, 0.15) is 44.7 Å². The van der Waals surface area contributed by atoms with Gasteiger partial charge in [-0.2, -0.15) is 0 Å². The molecule has 0 heterocycles. The zero-order valence-electron chi connectivity index (χ0n) is 10.9. The summed E-state index contributed by atoms with van der Waals surface area (Å²) in [5.74, 6) is 1.55. The summed E-state index contributed by atoms with van der Waals surface area (Å²) in [5, 5.41) is 0.708. The summed E-state index contributed by atoms with van der Waals surface area (Å²) in [6.07, 6.45) is 3.31. The number of halogens is 1. The molecule has 1 unspecified atom stereocenters. The van der Waals surface area contributed by atoms with Gasteiger partial charge in [0.2, 0.25) is 0 Å². The normalized spacial score (nSPS) is 12.8. The molecule has 0 aliphatic heterocycles. The first kappa shape index (κ1) is 14.3. The smallest absolute Gasteiger partial charge is 0.123 e. The summed E-state index contributed by atoms with van der Waals surface area (Å²) in [7, 11) is 1.66. The zero-order valence-corrected chi connectivity index (χ0v) is 11.6. The van der Waals surface area contributed by atoms with Crippen molar-refractivity contribution < 1.29 is 4.74 Å². The number of methoxy groups -OCH3 is 1. The highest BCUT2D eigenvalue weighted by Gasteiger charge is 2.12. The fraction of sp³-hybridized carbons (Fsp3) is 0.571. The predicted molar refractivity (Wildman–Crippen MR) is 73.6 cm³/mol. The Bertz CT molecular complexity index is 352. The Morgan fingerprint density at radius 3 is 2.59 bits per heavy atom. The van der Waals surface area contributed by atoms with Crippen LogP contribution < -0.4 is 10.5 Å². The number of benzene rings is 1. The molecule has 0 fully saturated rings. The van der Waals surface area contributed by atoms with E-state index in [1.165, 1.54) is 6.42 Å². The van der Waals surface area contributed by atoms with Crippen LogP contribution in [0.4, 0.5) is 0 Å². The van der Waals surface area contributed by atoms with Crippen LogP contribution >= 0.6 is 11.6 Å². The first-order valence-corrected chi connectivity index (χ1v) is 6.51. The molecule has 1 aromatic carbocycles. The van der Waals surface area contributed by atoms with Crippen molar-refractivity contribution in [2.75, 3.05) is 7.11 Å². The fourth-order valence-electron chi connectivity index (χ4n) is 1.90. The van der Waals surface area contributed by atoms with Gasteiger partial charge in [0.25, 0.3) is 0 Å². The van der Waals surface area contributed by atoms with E-state index in [4.69, 9.17) is 22.1 Å². The molecule has 0 amide bonds. The molecule has 0 saturated carbocycles. The van der Waals surface area contributed by atoms with Gasteiger partial charge in [-0.15, -0.1) is 0 Å². The Morgan fingerprint density at radius 1 is 1.29 bits per heavy atom. The van der Waals surface area contributed by atoms with Crippen molar-refractivity contribution in [1.29, 1.82) is 0 Å². The average Bonchev–Trinajstić information content (AvgIpc) is 2.28. The molecule has 0 spiro atoms. The lowest BCUT2D eigenvalue weighted by Gasteiger charge is -2.16. The average molecular weight is 256 g/mol. The number of hydrogen-bond acceptors (Lipinski definition) is 2. The molecular formula is C14H22ClNO. The Hall–Kier alpha value is -0.730. The highest BCUT2D eigenvalue weighted by Crippen LogP contribution is 2.29. The van der Waals surface area contributed by atoms with Crippen molar-refractivity contribution in [1.82, 2.24) is 0 Å². The lowest BCUT2D eigenvalue weighted by Crippen LogP contribution is -2.12.